The fourth-order valence-electron chi connectivity index (χ4n) is 4.18. The van der Waals surface area contributed by atoms with Gasteiger partial charge in [-0.15, -0.1) is 0 Å². The van der Waals surface area contributed by atoms with Gasteiger partial charge < -0.3 is 10.2 Å². The minimum absolute atomic E-state index is 0.0354. The van der Waals surface area contributed by atoms with Gasteiger partial charge in [-0.3, -0.25) is 13.9 Å². The monoisotopic (exact) mass is 567 g/mol. The molecule has 1 N–H and O–H groups in total. The molecule has 0 saturated heterocycles. The maximum Gasteiger partial charge on any atom is 0.264 e. The van der Waals surface area contributed by atoms with Crippen molar-refractivity contribution in [2.24, 2.45) is 0 Å². The number of benzene rings is 3. The standard InChI is InChI=1S/C31H38FN3O4S/c1-6-19-33-31(37)24(5)34(20-26-9-7-8-10-29(26)32)30(36)21-35(27-15-13-25(14-16-27)22(2)3)40(38,39)28-17-11-23(4)12-18-28/h7-18,22,24H,6,19-21H2,1-5H3,(H,33,37)/t24-/m0/s1. The van der Waals surface area contributed by atoms with Crippen molar-refractivity contribution in [2.75, 3.05) is 17.4 Å². The first-order valence-electron chi connectivity index (χ1n) is 13.5. The number of carbonyl (C=O) groups is 2. The summed E-state index contributed by atoms with van der Waals surface area (Å²) >= 11 is 0. The SMILES string of the molecule is CCCNC(=O)[C@H](C)N(Cc1ccccc1F)C(=O)CN(c1ccc(C(C)C)cc1)S(=O)(=O)c1ccc(C)cc1. The molecule has 0 aliphatic rings. The first-order chi connectivity index (χ1) is 18.9. The lowest BCUT2D eigenvalue weighted by Gasteiger charge is -2.32. The molecule has 9 heteroatoms. The van der Waals surface area contributed by atoms with Crippen LogP contribution in [0.5, 0.6) is 0 Å². The average Bonchev–Trinajstić information content (AvgIpc) is 2.93. The Balaban J connectivity index is 2.04. The van der Waals surface area contributed by atoms with Crippen LogP contribution in [0.2, 0.25) is 0 Å². The number of anilines is 1. The molecule has 40 heavy (non-hydrogen) atoms. The smallest absolute Gasteiger partial charge is 0.264 e. The molecule has 0 radical (unpaired) electrons. The summed E-state index contributed by atoms with van der Waals surface area (Å²) < 4.78 is 43.4. The van der Waals surface area contributed by atoms with Gasteiger partial charge in [0.05, 0.1) is 10.6 Å². The van der Waals surface area contributed by atoms with Crippen LogP contribution in [-0.2, 0) is 26.2 Å². The van der Waals surface area contributed by atoms with E-state index in [1.54, 1.807) is 43.3 Å². The summed E-state index contributed by atoms with van der Waals surface area (Å²) in [6.45, 7) is 9.03. The quantitative estimate of drug-likeness (QED) is 0.318. The van der Waals surface area contributed by atoms with Crippen molar-refractivity contribution in [3.63, 3.8) is 0 Å². The number of aryl methyl sites for hydroxylation is 1. The zero-order valence-corrected chi connectivity index (χ0v) is 24.5. The van der Waals surface area contributed by atoms with Crippen LogP contribution in [0.15, 0.2) is 77.7 Å². The molecule has 7 nitrogen and oxygen atoms in total. The molecule has 1 atom stereocenters. The number of carbonyl (C=O) groups excluding carboxylic acids is 2. The number of hydrogen-bond donors (Lipinski definition) is 1. The van der Waals surface area contributed by atoms with Gasteiger partial charge in [0.2, 0.25) is 11.8 Å². The highest BCUT2D eigenvalue weighted by Crippen LogP contribution is 2.27. The second-order valence-corrected chi connectivity index (χ2v) is 12.0. The zero-order chi connectivity index (χ0) is 29.4. The first-order valence-corrected chi connectivity index (χ1v) is 14.9. The summed E-state index contributed by atoms with van der Waals surface area (Å²) in [5, 5.41) is 2.77. The van der Waals surface area contributed by atoms with Gasteiger partial charge in [0, 0.05) is 18.7 Å². The molecule has 0 heterocycles. The Kier molecular flexibility index (Phi) is 10.5. The summed E-state index contributed by atoms with van der Waals surface area (Å²) in [5.41, 5.74) is 2.45. The fraction of sp³-hybridized carbons (Fsp3) is 0.355. The van der Waals surface area contributed by atoms with Crippen molar-refractivity contribution in [3.05, 3.63) is 95.3 Å². The van der Waals surface area contributed by atoms with Crippen LogP contribution in [0.4, 0.5) is 10.1 Å². The Morgan fingerprint density at radius 1 is 0.925 bits per heavy atom. The molecule has 0 spiro atoms. The van der Waals surface area contributed by atoms with E-state index in [2.05, 4.69) is 5.32 Å². The maximum absolute atomic E-state index is 14.6. The van der Waals surface area contributed by atoms with E-state index in [4.69, 9.17) is 0 Å². The lowest BCUT2D eigenvalue weighted by Crippen LogP contribution is -2.51. The Labute approximate surface area is 237 Å². The molecule has 0 fully saturated rings. The minimum Gasteiger partial charge on any atom is -0.354 e. The largest absolute Gasteiger partial charge is 0.354 e. The van der Waals surface area contributed by atoms with E-state index in [1.165, 1.54) is 29.2 Å². The number of hydrogen-bond acceptors (Lipinski definition) is 4. The molecule has 0 aliphatic heterocycles. The van der Waals surface area contributed by atoms with Gasteiger partial charge in [-0.1, -0.05) is 68.8 Å². The molecular formula is C31H38FN3O4S. The summed E-state index contributed by atoms with van der Waals surface area (Å²) in [6.07, 6.45) is 0.703. The molecule has 0 aliphatic carbocycles. The Bertz CT molecular complexity index is 1410. The van der Waals surface area contributed by atoms with Crippen LogP contribution < -0.4 is 9.62 Å². The summed E-state index contributed by atoms with van der Waals surface area (Å²) in [7, 11) is -4.16. The van der Waals surface area contributed by atoms with Crippen molar-refractivity contribution in [1.82, 2.24) is 10.2 Å². The molecule has 3 rings (SSSR count). The zero-order valence-electron chi connectivity index (χ0n) is 23.7. The van der Waals surface area contributed by atoms with Crippen LogP contribution in [-0.4, -0.2) is 44.3 Å². The molecule has 2 amide bonds. The van der Waals surface area contributed by atoms with Gasteiger partial charge in [-0.25, -0.2) is 12.8 Å². The predicted molar refractivity (Wildman–Crippen MR) is 156 cm³/mol. The second-order valence-electron chi connectivity index (χ2n) is 10.2. The van der Waals surface area contributed by atoms with Gasteiger partial charge in [0.25, 0.3) is 10.0 Å². The molecule has 3 aromatic rings. The molecule has 0 aromatic heterocycles. The summed E-state index contributed by atoms with van der Waals surface area (Å²) in [4.78, 5) is 28.0. The summed E-state index contributed by atoms with van der Waals surface area (Å²) in [5.74, 6) is -1.32. The third kappa shape index (κ3) is 7.47. The fourth-order valence-corrected chi connectivity index (χ4v) is 5.59. The topological polar surface area (TPSA) is 86.8 Å². The van der Waals surface area contributed by atoms with Crippen molar-refractivity contribution in [3.8, 4) is 0 Å². The van der Waals surface area contributed by atoms with Gasteiger partial charge in [-0.05, 0) is 62.1 Å². The maximum atomic E-state index is 14.6. The molecule has 214 valence electrons. The van der Waals surface area contributed by atoms with E-state index in [-0.39, 0.29) is 22.9 Å². The Hall–Kier alpha value is -3.72. The van der Waals surface area contributed by atoms with Crippen LogP contribution in [0.3, 0.4) is 0 Å². The van der Waals surface area contributed by atoms with E-state index < -0.39 is 40.2 Å². The van der Waals surface area contributed by atoms with E-state index in [0.29, 0.717) is 18.7 Å². The van der Waals surface area contributed by atoms with Gasteiger partial charge in [0.1, 0.15) is 18.4 Å². The third-order valence-corrected chi connectivity index (χ3v) is 8.54. The van der Waals surface area contributed by atoms with Crippen LogP contribution in [0.1, 0.15) is 56.7 Å². The van der Waals surface area contributed by atoms with Crippen molar-refractivity contribution >= 4 is 27.5 Å². The van der Waals surface area contributed by atoms with Gasteiger partial charge in [-0.2, -0.15) is 0 Å². The van der Waals surface area contributed by atoms with Gasteiger partial charge in [0.15, 0.2) is 0 Å². The molecule has 0 unspecified atom stereocenters. The highest BCUT2D eigenvalue weighted by molar-refractivity contribution is 7.92. The van der Waals surface area contributed by atoms with Crippen LogP contribution in [0, 0.1) is 12.7 Å². The molecule has 0 saturated carbocycles. The summed E-state index contributed by atoms with van der Waals surface area (Å²) in [6, 6.07) is 18.4. The van der Waals surface area contributed by atoms with E-state index >= 15 is 0 Å². The number of sulfonamides is 1. The van der Waals surface area contributed by atoms with E-state index in [9.17, 15) is 22.4 Å². The Morgan fingerprint density at radius 3 is 2.12 bits per heavy atom. The number of halogens is 1. The highest BCUT2D eigenvalue weighted by atomic mass is 32.2. The normalized spacial score (nSPS) is 12.2. The predicted octanol–water partition coefficient (Wildman–Crippen LogP) is 5.40. The Morgan fingerprint density at radius 2 is 1.55 bits per heavy atom. The van der Waals surface area contributed by atoms with E-state index in [1.807, 2.05) is 39.8 Å². The third-order valence-electron chi connectivity index (χ3n) is 6.75. The number of nitrogens with zero attached hydrogens (tertiary/aromatic N) is 2. The lowest BCUT2D eigenvalue weighted by atomic mass is 10.0. The van der Waals surface area contributed by atoms with Crippen molar-refractivity contribution < 1.29 is 22.4 Å². The second kappa shape index (κ2) is 13.6. The lowest BCUT2D eigenvalue weighted by molar-refractivity contribution is -0.139. The van der Waals surface area contributed by atoms with Crippen molar-refractivity contribution in [1.29, 1.82) is 0 Å². The van der Waals surface area contributed by atoms with Crippen LogP contribution in [0.25, 0.3) is 0 Å². The molecule has 0 bridgehead atoms. The number of rotatable bonds is 12. The molecule has 3 aromatic carbocycles. The van der Waals surface area contributed by atoms with Crippen LogP contribution >= 0.6 is 0 Å². The number of amides is 2. The minimum atomic E-state index is -4.16. The highest BCUT2D eigenvalue weighted by Gasteiger charge is 2.32. The van der Waals surface area contributed by atoms with Gasteiger partial charge >= 0.3 is 0 Å². The average molecular weight is 568 g/mol. The van der Waals surface area contributed by atoms with Crippen molar-refractivity contribution in [2.45, 2.75) is 64.4 Å². The molecular weight excluding hydrogens is 529 g/mol. The van der Waals surface area contributed by atoms with E-state index in [0.717, 1.165) is 15.4 Å². The first kappa shape index (κ1) is 30.8. The number of nitrogens with one attached hydrogen (secondary N) is 1.